The fourth-order valence-corrected chi connectivity index (χ4v) is 2.91. The first-order chi connectivity index (χ1) is 12.3. The third-order valence-electron chi connectivity index (χ3n) is 4.49. The second kappa shape index (κ2) is 11.8. The van der Waals surface area contributed by atoms with Gasteiger partial charge >= 0.3 is 0 Å². The summed E-state index contributed by atoms with van der Waals surface area (Å²) in [5, 5.41) is 6.71. The molecule has 2 heterocycles. The van der Waals surface area contributed by atoms with E-state index in [1.807, 2.05) is 18.3 Å². The van der Waals surface area contributed by atoms with Gasteiger partial charge in [0.05, 0.1) is 0 Å². The summed E-state index contributed by atoms with van der Waals surface area (Å²) >= 11 is 0. The average Bonchev–Trinajstić information content (AvgIpc) is 2.64. The Balaban J connectivity index is 1.60. The number of nitrogens with one attached hydrogen (secondary N) is 2. The molecule has 0 saturated carbocycles. The van der Waals surface area contributed by atoms with Crippen molar-refractivity contribution >= 4 is 5.96 Å². The van der Waals surface area contributed by atoms with Crippen LogP contribution in [0.25, 0.3) is 0 Å². The lowest BCUT2D eigenvalue weighted by Crippen LogP contribution is -2.44. The van der Waals surface area contributed by atoms with E-state index in [0.717, 1.165) is 44.1 Å². The molecular weight excluding hydrogens is 312 g/mol. The Kier molecular flexibility index (Phi) is 9.29. The maximum Gasteiger partial charge on any atom is 0.191 e. The molecule has 0 spiro atoms. The van der Waals surface area contributed by atoms with Crippen molar-refractivity contribution in [2.24, 2.45) is 4.99 Å². The Morgan fingerprint density at radius 3 is 2.72 bits per heavy atom. The standard InChI is InChI=1S/C19H34N6/c1-3-20-19(23-12-9-18-8-4-5-10-21-18)22-11-6-7-13-25-16-14-24(2)15-17-25/h4-5,8,10H,3,6-7,9,11-17H2,1-2H3,(H2,20,22,23). The normalized spacial score (nSPS) is 16.8. The molecule has 0 amide bonds. The maximum atomic E-state index is 4.69. The lowest BCUT2D eigenvalue weighted by atomic mass is 10.2. The van der Waals surface area contributed by atoms with Crippen LogP contribution in [0.2, 0.25) is 0 Å². The van der Waals surface area contributed by atoms with Gasteiger partial charge in [-0.2, -0.15) is 0 Å². The Bertz CT molecular complexity index is 482. The van der Waals surface area contributed by atoms with Crippen LogP contribution in [-0.4, -0.2) is 80.1 Å². The molecule has 0 bridgehead atoms. The van der Waals surface area contributed by atoms with Crippen molar-refractivity contribution in [2.75, 3.05) is 59.4 Å². The highest BCUT2D eigenvalue weighted by Crippen LogP contribution is 2.01. The first-order valence-corrected chi connectivity index (χ1v) is 9.61. The summed E-state index contributed by atoms with van der Waals surface area (Å²) in [6.45, 7) is 10.7. The van der Waals surface area contributed by atoms with Gasteiger partial charge in [0.2, 0.25) is 0 Å². The minimum absolute atomic E-state index is 0.851. The largest absolute Gasteiger partial charge is 0.357 e. The number of hydrogen-bond acceptors (Lipinski definition) is 4. The predicted octanol–water partition coefficient (Wildman–Crippen LogP) is 1.21. The molecule has 1 aliphatic heterocycles. The first-order valence-electron chi connectivity index (χ1n) is 9.61. The minimum Gasteiger partial charge on any atom is -0.357 e. The number of hydrogen-bond donors (Lipinski definition) is 2. The van der Waals surface area contributed by atoms with Gasteiger partial charge in [0.1, 0.15) is 0 Å². The Labute approximate surface area is 152 Å². The summed E-state index contributed by atoms with van der Waals surface area (Å²) in [6, 6.07) is 6.04. The summed E-state index contributed by atoms with van der Waals surface area (Å²) in [7, 11) is 2.20. The van der Waals surface area contributed by atoms with E-state index >= 15 is 0 Å². The Morgan fingerprint density at radius 2 is 2.00 bits per heavy atom. The van der Waals surface area contributed by atoms with Gasteiger partial charge in [-0.15, -0.1) is 0 Å². The van der Waals surface area contributed by atoms with E-state index in [2.05, 4.69) is 50.4 Å². The van der Waals surface area contributed by atoms with Gasteiger partial charge in [-0.1, -0.05) is 6.07 Å². The van der Waals surface area contributed by atoms with Crippen molar-refractivity contribution in [3.8, 4) is 0 Å². The summed E-state index contributed by atoms with van der Waals surface area (Å²) < 4.78 is 0. The molecule has 1 aliphatic rings. The number of aromatic nitrogens is 1. The predicted molar refractivity (Wildman–Crippen MR) is 105 cm³/mol. The summed E-state index contributed by atoms with van der Waals surface area (Å²) in [6.07, 6.45) is 5.12. The molecule has 1 aromatic rings. The molecule has 6 heteroatoms. The fraction of sp³-hybridized carbons (Fsp3) is 0.684. The first kappa shape index (κ1) is 19.7. The van der Waals surface area contributed by atoms with E-state index in [1.54, 1.807) is 0 Å². The third kappa shape index (κ3) is 8.31. The number of guanidine groups is 1. The molecule has 25 heavy (non-hydrogen) atoms. The van der Waals surface area contributed by atoms with E-state index < -0.39 is 0 Å². The van der Waals surface area contributed by atoms with Crippen molar-refractivity contribution < 1.29 is 0 Å². The zero-order valence-electron chi connectivity index (χ0n) is 15.9. The van der Waals surface area contributed by atoms with Crippen LogP contribution < -0.4 is 10.6 Å². The minimum atomic E-state index is 0.851. The van der Waals surface area contributed by atoms with E-state index in [4.69, 9.17) is 0 Å². The zero-order valence-corrected chi connectivity index (χ0v) is 15.9. The van der Waals surface area contributed by atoms with Crippen LogP contribution >= 0.6 is 0 Å². The van der Waals surface area contributed by atoms with Crippen LogP contribution in [0.1, 0.15) is 25.5 Å². The topological polar surface area (TPSA) is 55.8 Å². The van der Waals surface area contributed by atoms with Crippen molar-refractivity contribution in [2.45, 2.75) is 26.2 Å². The molecule has 140 valence electrons. The number of rotatable bonds is 9. The highest BCUT2D eigenvalue weighted by atomic mass is 15.2. The SMILES string of the molecule is CCNC(=NCCCCN1CCN(C)CC1)NCCc1ccccn1. The van der Waals surface area contributed by atoms with Crippen LogP contribution in [-0.2, 0) is 6.42 Å². The molecular formula is C19H34N6. The maximum absolute atomic E-state index is 4.69. The smallest absolute Gasteiger partial charge is 0.191 e. The van der Waals surface area contributed by atoms with Crippen molar-refractivity contribution in [3.05, 3.63) is 30.1 Å². The number of likely N-dealkylation sites (N-methyl/N-ethyl adjacent to an activating group) is 1. The fourth-order valence-electron chi connectivity index (χ4n) is 2.91. The summed E-state index contributed by atoms with van der Waals surface area (Å²) in [5.74, 6) is 0.915. The molecule has 6 nitrogen and oxygen atoms in total. The molecule has 2 rings (SSSR count). The van der Waals surface area contributed by atoms with Crippen LogP contribution in [0.5, 0.6) is 0 Å². The van der Waals surface area contributed by atoms with Crippen LogP contribution in [0, 0.1) is 0 Å². The molecule has 1 fully saturated rings. The van der Waals surface area contributed by atoms with Gasteiger partial charge in [-0.25, -0.2) is 0 Å². The van der Waals surface area contributed by atoms with Gasteiger partial charge in [0, 0.05) is 64.1 Å². The highest BCUT2D eigenvalue weighted by molar-refractivity contribution is 5.79. The average molecular weight is 347 g/mol. The number of piperazine rings is 1. The Hall–Kier alpha value is -1.66. The monoisotopic (exact) mass is 346 g/mol. The van der Waals surface area contributed by atoms with Gasteiger partial charge in [0.15, 0.2) is 5.96 Å². The molecule has 0 aromatic carbocycles. The Morgan fingerprint density at radius 1 is 1.16 bits per heavy atom. The van der Waals surface area contributed by atoms with Gasteiger partial charge in [0.25, 0.3) is 0 Å². The van der Waals surface area contributed by atoms with Crippen LogP contribution in [0.15, 0.2) is 29.4 Å². The van der Waals surface area contributed by atoms with Crippen molar-refractivity contribution in [1.82, 2.24) is 25.4 Å². The van der Waals surface area contributed by atoms with E-state index in [0.29, 0.717) is 0 Å². The number of aliphatic imine (C=N–C) groups is 1. The molecule has 0 radical (unpaired) electrons. The molecule has 2 N–H and O–H groups in total. The highest BCUT2D eigenvalue weighted by Gasteiger charge is 2.12. The number of nitrogens with zero attached hydrogens (tertiary/aromatic N) is 4. The second-order valence-corrected chi connectivity index (χ2v) is 6.61. The third-order valence-corrected chi connectivity index (χ3v) is 4.49. The van der Waals surface area contributed by atoms with Crippen molar-refractivity contribution in [3.63, 3.8) is 0 Å². The van der Waals surface area contributed by atoms with E-state index in [-0.39, 0.29) is 0 Å². The summed E-state index contributed by atoms with van der Waals surface area (Å²) in [5.41, 5.74) is 1.11. The van der Waals surface area contributed by atoms with Gasteiger partial charge in [-0.05, 0) is 45.5 Å². The summed E-state index contributed by atoms with van der Waals surface area (Å²) in [4.78, 5) is 14.0. The number of pyridine rings is 1. The molecule has 1 aromatic heterocycles. The molecule has 1 saturated heterocycles. The van der Waals surface area contributed by atoms with Crippen LogP contribution in [0.3, 0.4) is 0 Å². The van der Waals surface area contributed by atoms with Gasteiger partial charge in [-0.3, -0.25) is 9.98 Å². The molecule has 0 unspecified atom stereocenters. The second-order valence-electron chi connectivity index (χ2n) is 6.61. The molecule has 0 atom stereocenters. The molecule has 0 aliphatic carbocycles. The lowest BCUT2D eigenvalue weighted by Gasteiger charge is -2.32. The zero-order chi connectivity index (χ0) is 17.7. The number of unbranched alkanes of at least 4 members (excludes halogenated alkanes) is 1. The lowest BCUT2D eigenvalue weighted by molar-refractivity contribution is 0.152. The van der Waals surface area contributed by atoms with E-state index in [1.165, 1.54) is 39.1 Å². The quantitative estimate of drug-likeness (QED) is 0.400. The van der Waals surface area contributed by atoms with E-state index in [9.17, 15) is 0 Å². The van der Waals surface area contributed by atoms with Crippen molar-refractivity contribution in [1.29, 1.82) is 0 Å². The van der Waals surface area contributed by atoms with Gasteiger partial charge < -0.3 is 20.4 Å². The van der Waals surface area contributed by atoms with Crippen LogP contribution in [0.4, 0.5) is 0 Å².